The number of pyridine rings is 1. The molecule has 0 saturated carbocycles. The molecule has 0 radical (unpaired) electrons. The Hall–Kier alpha value is -3.58. The first kappa shape index (κ1) is 21.7. The predicted molar refractivity (Wildman–Crippen MR) is 101 cm³/mol. The van der Waals surface area contributed by atoms with Gasteiger partial charge < -0.3 is 20.5 Å². The van der Waals surface area contributed by atoms with Crippen molar-refractivity contribution in [1.29, 1.82) is 5.26 Å². The largest absolute Gasteiger partial charge is 0.456 e. The van der Waals surface area contributed by atoms with Crippen LogP contribution in [0.15, 0.2) is 41.5 Å². The maximum absolute atomic E-state index is 14.4. The SMILES string of the molecule is C/N=C(/N)O[C@H](CF)[C@H](OC)c1cc(NC(=O)c2ccc(C#N)cn2)ccc1F. The molecule has 10 heteroatoms. The highest BCUT2D eigenvalue weighted by Crippen LogP contribution is 2.28. The van der Waals surface area contributed by atoms with Crippen LogP contribution in [0, 0.1) is 17.1 Å². The van der Waals surface area contributed by atoms with Gasteiger partial charge in [-0.25, -0.2) is 18.8 Å². The second kappa shape index (κ2) is 10.1. The number of hydrogen-bond acceptors (Lipinski definition) is 6. The smallest absolute Gasteiger partial charge is 0.282 e. The third-order valence-electron chi connectivity index (χ3n) is 3.92. The van der Waals surface area contributed by atoms with Crippen LogP contribution in [0.2, 0.25) is 0 Å². The molecule has 3 N–H and O–H groups in total. The van der Waals surface area contributed by atoms with E-state index in [0.29, 0.717) is 5.56 Å². The van der Waals surface area contributed by atoms with Gasteiger partial charge in [0, 0.05) is 31.6 Å². The number of rotatable bonds is 7. The number of anilines is 1. The number of aromatic nitrogens is 1. The van der Waals surface area contributed by atoms with Gasteiger partial charge in [0.1, 0.15) is 30.4 Å². The predicted octanol–water partition coefficient (Wildman–Crippen LogP) is 2.33. The molecule has 0 aliphatic rings. The third kappa shape index (κ3) is 5.46. The van der Waals surface area contributed by atoms with Crippen molar-refractivity contribution in [2.45, 2.75) is 12.2 Å². The highest BCUT2D eigenvalue weighted by molar-refractivity contribution is 6.02. The van der Waals surface area contributed by atoms with Crippen LogP contribution < -0.4 is 11.1 Å². The topological polar surface area (TPSA) is 123 Å². The quantitative estimate of drug-likeness (QED) is 0.540. The lowest BCUT2D eigenvalue weighted by atomic mass is 10.0. The number of benzene rings is 1. The molecule has 29 heavy (non-hydrogen) atoms. The lowest BCUT2D eigenvalue weighted by Crippen LogP contribution is -2.32. The Balaban J connectivity index is 2.27. The van der Waals surface area contributed by atoms with Crippen LogP contribution in [0.5, 0.6) is 0 Å². The third-order valence-corrected chi connectivity index (χ3v) is 3.92. The van der Waals surface area contributed by atoms with E-state index in [-0.39, 0.29) is 23.0 Å². The number of nitriles is 1. The average molecular weight is 403 g/mol. The maximum Gasteiger partial charge on any atom is 0.282 e. The number of amidine groups is 1. The van der Waals surface area contributed by atoms with Gasteiger partial charge in [-0.3, -0.25) is 4.79 Å². The zero-order chi connectivity index (χ0) is 21.4. The molecule has 152 valence electrons. The summed E-state index contributed by atoms with van der Waals surface area (Å²) in [5.74, 6) is -1.25. The number of nitrogens with one attached hydrogen (secondary N) is 1. The van der Waals surface area contributed by atoms with E-state index in [1.807, 2.05) is 6.07 Å². The molecule has 0 fully saturated rings. The Kier molecular flexibility index (Phi) is 7.56. The van der Waals surface area contributed by atoms with E-state index >= 15 is 0 Å². The minimum atomic E-state index is -1.25. The van der Waals surface area contributed by atoms with E-state index in [2.05, 4.69) is 15.3 Å². The molecule has 0 saturated heterocycles. The minimum absolute atomic E-state index is 0.0374. The number of carbonyl (C=O) groups excluding carboxylic acids is 1. The number of amides is 1. The molecule has 0 spiro atoms. The Morgan fingerprint density at radius 3 is 2.72 bits per heavy atom. The van der Waals surface area contributed by atoms with Gasteiger partial charge in [-0.1, -0.05) is 0 Å². The van der Waals surface area contributed by atoms with Gasteiger partial charge in [0.2, 0.25) is 0 Å². The van der Waals surface area contributed by atoms with Crippen molar-refractivity contribution in [1.82, 2.24) is 4.98 Å². The fraction of sp³-hybridized carbons (Fsp3) is 0.263. The van der Waals surface area contributed by atoms with Gasteiger partial charge in [-0.15, -0.1) is 0 Å². The van der Waals surface area contributed by atoms with E-state index in [0.717, 1.165) is 6.07 Å². The molecule has 1 aromatic heterocycles. The summed E-state index contributed by atoms with van der Waals surface area (Å²) in [5.41, 5.74) is 6.03. The van der Waals surface area contributed by atoms with E-state index in [4.69, 9.17) is 20.5 Å². The number of nitrogens with zero attached hydrogens (tertiary/aromatic N) is 3. The number of methoxy groups -OCH3 is 1. The van der Waals surface area contributed by atoms with E-state index in [9.17, 15) is 13.6 Å². The number of alkyl halides is 1. The molecular weight excluding hydrogens is 384 g/mol. The number of aliphatic imine (C=N–C) groups is 1. The zero-order valence-electron chi connectivity index (χ0n) is 15.7. The number of hydrogen-bond donors (Lipinski definition) is 2. The molecule has 1 amide bonds. The van der Waals surface area contributed by atoms with Crippen LogP contribution in [0.3, 0.4) is 0 Å². The maximum atomic E-state index is 14.4. The fourth-order valence-electron chi connectivity index (χ4n) is 2.49. The summed E-state index contributed by atoms with van der Waals surface area (Å²) >= 11 is 0. The fourth-order valence-corrected chi connectivity index (χ4v) is 2.49. The number of nitrogens with two attached hydrogens (primary N) is 1. The number of halogens is 2. The van der Waals surface area contributed by atoms with E-state index in [1.165, 1.54) is 44.6 Å². The van der Waals surface area contributed by atoms with Gasteiger partial charge in [-0.2, -0.15) is 5.26 Å². The molecule has 1 aromatic carbocycles. The Morgan fingerprint density at radius 2 is 2.17 bits per heavy atom. The lowest BCUT2D eigenvalue weighted by molar-refractivity contribution is -0.0193. The molecule has 0 aliphatic heterocycles. The van der Waals surface area contributed by atoms with Crippen molar-refractivity contribution >= 4 is 17.6 Å². The number of carbonyl (C=O) groups is 1. The van der Waals surface area contributed by atoms with Gasteiger partial charge >= 0.3 is 0 Å². The molecule has 8 nitrogen and oxygen atoms in total. The Morgan fingerprint density at radius 1 is 1.41 bits per heavy atom. The van der Waals surface area contributed by atoms with Crippen molar-refractivity contribution < 1.29 is 23.0 Å². The minimum Gasteiger partial charge on any atom is -0.456 e. The molecular formula is C19H19F2N5O3. The number of ether oxygens (including phenoxy) is 2. The summed E-state index contributed by atoms with van der Waals surface area (Å²) < 4.78 is 38.2. The molecule has 0 aliphatic carbocycles. The standard InChI is InChI=1S/C19H19F2N5O3/c1-24-19(23)29-16(8-20)17(28-2)13-7-12(4-5-14(13)21)26-18(27)15-6-3-11(9-22)10-25-15/h3-7,10,16-17H,8H2,1-2H3,(H2,23,24)(H,26,27)/t16-,17-/m1/s1. The van der Waals surface area contributed by atoms with E-state index in [1.54, 1.807) is 0 Å². The van der Waals surface area contributed by atoms with Crippen molar-refractivity contribution in [3.05, 3.63) is 59.2 Å². The highest BCUT2D eigenvalue weighted by atomic mass is 19.1. The summed E-state index contributed by atoms with van der Waals surface area (Å²) in [5, 5.41) is 11.3. The van der Waals surface area contributed by atoms with Crippen LogP contribution in [0.1, 0.15) is 27.7 Å². The second-order valence-electron chi connectivity index (χ2n) is 5.76. The van der Waals surface area contributed by atoms with Crippen molar-refractivity contribution in [2.24, 2.45) is 10.7 Å². The van der Waals surface area contributed by atoms with Gasteiger partial charge in [0.25, 0.3) is 11.9 Å². The van der Waals surface area contributed by atoms with Crippen LogP contribution in [-0.2, 0) is 9.47 Å². The summed E-state index contributed by atoms with van der Waals surface area (Å²) in [6, 6.07) is 8.20. The van der Waals surface area contributed by atoms with Gasteiger partial charge in [0.05, 0.1) is 5.56 Å². The van der Waals surface area contributed by atoms with Crippen molar-refractivity contribution in [3.8, 4) is 6.07 Å². The molecule has 2 aromatic rings. The highest BCUT2D eigenvalue weighted by Gasteiger charge is 2.28. The Labute approximate surface area is 166 Å². The van der Waals surface area contributed by atoms with Crippen molar-refractivity contribution in [2.75, 3.05) is 26.1 Å². The second-order valence-corrected chi connectivity index (χ2v) is 5.76. The molecule has 2 atom stereocenters. The lowest BCUT2D eigenvalue weighted by Gasteiger charge is -2.25. The summed E-state index contributed by atoms with van der Waals surface area (Å²) in [4.78, 5) is 19.8. The summed E-state index contributed by atoms with van der Waals surface area (Å²) in [7, 11) is 2.63. The van der Waals surface area contributed by atoms with Crippen LogP contribution in [0.25, 0.3) is 0 Å². The normalized spacial score (nSPS) is 13.3. The van der Waals surface area contributed by atoms with E-state index < -0.39 is 30.6 Å². The summed E-state index contributed by atoms with van der Waals surface area (Å²) in [6.45, 7) is -1.01. The first-order valence-corrected chi connectivity index (χ1v) is 8.38. The average Bonchev–Trinajstić information content (AvgIpc) is 2.75. The molecule has 1 heterocycles. The molecule has 0 bridgehead atoms. The Bertz CT molecular complexity index is 928. The van der Waals surface area contributed by atoms with Crippen LogP contribution in [-0.4, -0.2) is 43.8 Å². The summed E-state index contributed by atoms with van der Waals surface area (Å²) in [6.07, 6.45) is -1.14. The first-order valence-electron chi connectivity index (χ1n) is 8.38. The monoisotopic (exact) mass is 403 g/mol. The molecule has 2 rings (SSSR count). The van der Waals surface area contributed by atoms with Crippen LogP contribution >= 0.6 is 0 Å². The van der Waals surface area contributed by atoms with Gasteiger partial charge in [0.15, 0.2) is 6.10 Å². The first-order chi connectivity index (χ1) is 13.9. The molecule has 0 unspecified atom stereocenters. The van der Waals surface area contributed by atoms with Crippen LogP contribution in [0.4, 0.5) is 14.5 Å². The zero-order valence-corrected chi connectivity index (χ0v) is 15.7. The van der Waals surface area contributed by atoms with Crippen molar-refractivity contribution in [3.63, 3.8) is 0 Å². The van der Waals surface area contributed by atoms with Gasteiger partial charge in [-0.05, 0) is 30.3 Å².